The zero-order chi connectivity index (χ0) is 20.8. The van der Waals surface area contributed by atoms with Crippen LogP contribution in [0.3, 0.4) is 0 Å². The average Bonchev–Trinajstić information content (AvgIpc) is 3.01. The molecule has 2 aromatic carbocycles. The highest BCUT2D eigenvalue weighted by Gasteiger charge is 2.40. The summed E-state index contributed by atoms with van der Waals surface area (Å²) < 4.78 is 4.64. The minimum Gasteiger partial charge on any atom is -0.465 e. The molecule has 0 radical (unpaired) electrons. The van der Waals surface area contributed by atoms with E-state index in [-0.39, 0.29) is 17.5 Å². The summed E-state index contributed by atoms with van der Waals surface area (Å²) in [6.45, 7) is 0. The largest absolute Gasteiger partial charge is 0.465 e. The second-order valence-corrected chi connectivity index (χ2v) is 7.10. The molecule has 0 aromatic heterocycles. The molecule has 0 bridgehead atoms. The van der Waals surface area contributed by atoms with Crippen molar-refractivity contribution >= 4 is 46.1 Å². The number of thioether (sulfide) groups is 1. The molecule has 1 aliphatic rings. The fraction of sp³-hybridized carbons (Fsp3) is 0.150. The van der Waals surface area contributed by atoms with Gasteiger partial charge in [0.1, 0.15) is 5.25 Å². The molecular weight excluding hydrogens is 392 g/mol. The van der Waals surface area contributed by atoms with Crippen molar-refractivity contribution in [2.24, 2.45) is 4.99 Å². The summed E-state index contributed by atoms with van der Waals surface area (Å²) in [5.41, 5.74) is 1.30. The Kier molecular flexibility index (Phi) is 6.26. The molecule has 8 nitrogen and oxygen atoms in total. The van der Waals surface area contributed by atoms with Crippen molar-refractivity contribution in [2.45, 2.75) is 11.7 Å². The van der Waals surface area contributed by atoms with Crippen molar-refractivity contribution in [3.8, 4) is 6.19 Å². The molecule has 1 saturated heterocycles. The number of hydrogen-bond donors (Lipinski definition) is 1. The van der Waals surface area contributed by atoms with E-state index in [0.717, 1.165) is 16.7 Å². The van der Waals surface area contributed by atoms with Gasteiger partial charge >= 0.3 is 5.97 Å². The van der Waals surface area contributed by atoms with Crippen LogP contribution in [0.4, 0.5) is 11.4 Å². The summed E-state index contributed by atoms with van der Waals surface area (Å²) in [7, 11) is 1.27. The number of nitriles is 1. The summed E-state index contributed by atoms with van der Waals surface area (Å²) in [5.74, 6) is -1.28. The molecule has 9 heteroatoms. The number of para-hydroxylation sites is 1. The van der Waals surface area contributed by atoms with Crippen LogP contribution >= 0.6 is 11.8 Å². The fourth-order valence-corrected chi connectivity index (χ4v) is 3.68. The van der Waals surface area contributed by atoms with Crippen LogP contribution in [0, 0.1) is 11.5 Å². The Balaban J connectivity index is 1.78. The third kappa shape index (κ3) is 4.62. The molecule has 1 fully saturated rings. The first-order valence-corrected chi connectivity index (χ1v) is 9.42. The number of carbonyl (C=O) groups excluding carboxylic acids is 3. The van der Waals surface area contributed by atoms with E-state index < -0.39 is 17.1 Å². The molecule has 0 unspecified atom stereocenters. The van der Waals surface area contributed by atoms with Crippen LogP contribution in [0.2, 0.25) is 0 Å². The first-order chi connectivity index (χ1) is 14.0. The molecule has 146 valence electrons. The lowest BCUT2D eigenvalue weighted by Gasteiger charge is -2.15. The third-order valence-corrected chi connectivity index (χ3v) is 5.12. The van der Waals surface area contributed by atoms with Gasteiger partial charge in [0.05, 0.1) is 24.0 Å². The minimum atomic E-state index is -0.717. The van der Waals surface area contributed by atoms with Crippen molar-refractivity contribution in [3.05, 3.63) is 60.2 Å². The van der Waals surface area contributed by atoms with Gasteiger partial charge in [0, 0.05) is 6.42 Å². The Morgan fingerprint density at radius 1 is 1.21 bits per heavy atom. The van der Waals surface area contributed by atoms with Gasteiger partial charge in [-0.3, -0.25) is 14.9 Å². The van der Waals surface area contributed by atoms with Crippen LogP contribution in [-0.4, -0.2) is 35.3 Å². The van der Waals surface area contributed by atoms with Gasteiger partial charge in [-0.1, -0.05) is 30.0 Å². The van der Waals surface area contributed by atoms with E-state index in [1.54, 1.807) is 30.5 Å². The number of hydrogen-bond acceptors (Lipinski definition) is 7. The molecule has 29 heavy (non-hydrogen) atoms. The predicted molar refractivity (Wildman–Crippen MR) is 109 cm³/mol. The molecule has 0 saturated carbocycles. The summed E-state index contributed by atoms with van der Waals surface area (Å²) in [6, 6.07) is 15.0. The van der Waals surface area contributed by atoms with Gasteiger partial charge in [0.2, 0.25) is 11.8 Å². The number of methoxy groups -OCH3 is 1. The van der Waals surface area contributed by atoms with Crippen LogP contribution in [0.5, 0.6) is 0 Å². The van der Waals surface area contributed by atoms with Crippen LogP contribution in [-0.2, 0) is 14.3 Å². The highest BCUT2D eigenvalue weighted by molar-refractivity contribution is 8.15. The fourth-order valence-electron chi connectivity index (χ4n) is 2.72. The topological polar surface area (TPSA) is 112 Å². The lowest BCUT2D eigenvalue weighted by Crippen LogP contribution is -2.32. The predicted octanol–water partition coefficient (Wildman–Crippen LogP) is 2.60. The molecule has 1 heterocycles. The van der Waals surface area contributed by atoms with Crippen molar-refractivity contribution < 1.29 is 19.1 Å². The Morgan fingerprint density at radius 3 is 2.52 bits per heavy atom. The smallest absolute Gasteiger partial charge is 0.337 e. The van der Waals surface area contributed by atoms with Gasteiger partial charge in [0.15, 0.2) is 11.4 Å². The number of aliphatic imine (C=N–C) groups is 1. The molecule has 1 atom stereocenters. The van der Waals surface area contributed by atoms with Gasteiger partial charge in [-0.2, -0.15) is 5.26 Å². The summed E-state index contributed by atoms with van der Waals surface area (Å²) in [5, 5.41) is 10.9. The molecule has 1 N–H and O–H groups in total. The number of amidine groups is 1. The molecule has 0 aliphatic carbocycles. The SMILES string of the molecule is COC(=O)c1ccc(N2C(=O)C[C@H](SC(=Nc3ccccc3)NC#N)C2=O)cc1. The van der Waals surface area contributed by atoms with Crippen LogP contribution < -0.4 is 10.2 Å². The molecule has 2 amide bonds. The maximum atomic E-state index is 12.8. The number of imide groups is 1. The van der Waals surface area contributed by atoms with Gasteiger partial charge in [0.25, 0.3) is 0 Å². The minimum absolute atomic E-state index is 0.0246. The Bertz CT molecular complexity index is 999. The number of esters is 1. The average molecular weight is 408 g/mol. The number of benzene rings is 2. The standard InChI is InChI=1S/C20H16N4O4S/c1-28-19(27)13-7-9-15(10-8-13)24-17(25)11-16(18(24)26)29-20(22-12-21)23-14-5-3-2-4-6-14/h2-10,16H,11H2,1H3,(H,22,23)/t16-/m0/s1. The number of rotatable bonds is 4. The van der Waals surface area contributed by atoms with E-state index in [9.17, 15) is 14.4 Å². The Hall–Kier alpha value is -3.64. The monoisotopic (exact) mass is 408 g/mol. The Morgan fingerprint density at radius 2 is 1.90 bits per heavy atom. The molecule has 2 aromatic rings. The van der Waals surface area contributed by atoms with Gasteiger partial charge < -0.3 is 4.74 Å². The highest BCUT2D eigenvalue weighted by Crippen LogP contribution is 2.31. The Labute approximate surface area is 171 Å². The second-order valence-electron chi connectivity index (χ2n) is 5.91. The van der Waals surface area contributed by atoms with E-state index in [2.05, 4.69) is 15.0 Å². The van der Waals surface area contributed by atoms with E-state index in [1.807, 2.05) is 6.07 Å². The number of nitrogens with zero attached hydrogens (tertiary/aromatic N) is 3. The second kappa shape index (κ2) is 9.03. The number of carbonyl (C=O) groups is 3. The quantitative estimate of drug-likeness (QED) is 0.207. The van der Waals surface area contributed by atoms with Crippen LogP contribution in [0.25, 0.3) is 0 Å². The number of amides is 2. The molecular formula is C20H16N4O4S. The van der Waals surface area contributed by atoms with E-state index in [0.29, 0.717) is 16.9 Å². The number of nitrogens with one attached hydrogen (secondary N) is 1. The highest BCUT2D eigenvalue weighted by atomic mass is 32.2. The molecule has 0 spiro atoms. The van der Waals surface area contributed by atoms with Crippen molar-refractivity contribution in [1.29, 1.82) is 5.26 Å². The van der Waals surface area contributed by atoms with E-state index >= 15 is 0 Å². The summed E-state index contributed by atoms with van der Waals surface area (Å²) in [6.07, 6.45) is 1.77. The van der Waals surface area contributed by atoms with Gasteiger partial charge in [-0.15, -0.1) is 0 Å². The van der Waals surface area contributed by atoms with Crippen molar-refractivity contribution in [3.63, 3.8) is 0 Å². The number of anilines is 1. The van der Waals surface area contributed by atoms with Crippen LogP contribution in [0.15, 0.2) is 59.6 Å². The van der Waals surface area contributed by atoms with Crippen molar-refractivity contribution in [2.75, 3.05) is 12.0 Å². The normalized spacial score (nSPS) is 16.5. The van der Waals surface area contributed by atoms with Crippen LogP contribution in [0.1, 0.15) is 16.8 Å². The molecule has 1 aliphatic heterocycles. The first kappa shape index (κ1) is 20.1. The maximum absolute atomic E-state index is 12.8. The number of ether oxygens (including phenoxy) is 1. The molecule has 3 rings (SSSR count). The van der Waals surface area contributed by atoms with Gasteiger partial charge in [-0.25, -0.2) is 14.7 Å². The summed E-state index contributed by atoms with van der Waals surface area (Å²) >= 11 is 1.02. The lowest BCUT2D eigenvalue weighted by atomic mass is 10.2. The van der Waals surface area contributed by atoms with Crippen molar-refractivity contribution in [1.82, 2.24) is 5.32 Å². The first-order valence-electron chi connectivity index (χ1n) is 8.54. The zero-order valence-corrected chi connectivity index (χ0v) is 16.2. The zero-order valence-electron chi connectivity index (χ0n) is 15.4. The third-order valence-electron chi connectivity index (χ3n) is 4.06. The van der Waals surface area contributed by atoms with E-state index in [4.69, 9.17) is 5.26 Å². The van der Waals surface area contributed by atoms with E-state index in [1.165, 1.54) is 31.4 Å². The summed E-state index contributed by atoms with van der Waals surface area (Å²) in [4.78, 5) is 42.2. The van der Waals surface area contributed by atoms with Gasteiger partial charge in [-0.05, 0) is 36.4 Å². The lowest BCUT2D eigenvalue weighted by molar-refractivity contribution is -0.121. The maximum Gasteiger partial charge on any atom is 0.337 e.